The van der Waals surface area contributed by atoms with Gasteiger partial charge in [0.1, 0.15) is 0 Å². The zero-order valence-corrected chi connectivity index (χ0v) is 15.5. The maximum atomic E-state index is 12.6. The van der Waals surface area contributed by atoms with Gasteiger partial charge in [-0.2, -0.15) is 4.31 Å². The Morgan fingerprint density at radius 3 is 2.58 bits per heavy atom. The molecule has 1 saturated heterocycles. The molecule has 1 unspecified atom stereocenters. The number of furan rings is 1. The summed E-state index contributed by atoms with van der Waals surface area (Å²) < 4.78 is 32.4. The molecule has 2 aliphatic rings. The van der Waals surface area contributed by atoms with Crippen molar-refractivity contribution in [1.82, 2.24) is 9.62 Å². The van der Waals surface area contributed by atoms with Crippen molar-refractivity contribution in [3.63, 3.8) is 0 Å². The molecule has 1 fully saturated rings. The van der Waals surface area contributed by atoms with Crippen LogP contribution in [0.1, 0.15) is 36.2 Å². The first kappa shape index (κ1) is 17.4. The molecular formula is C16H19BrN2O4S. The van der Waals surface area contributed by atoms with Crippen LogP contribution in [0.4, 0.5) is 0 Å². The van der Waals surface area contributed by atoms with Crippen LogP contribution >= 0.6 is 15.9 Å². The van der Waals surface area contributed by atoms with Gasteiger partial charge in [-0.05, 0) is 53.4 Å². The summed E-state index contributed by atoms with van der Waals surface area (Å²) >= 11 is 3.15. The first-order valence-electron chi connectivity index (χ1n) is 7.91. The van der Waals surface area contributed by atoms with Crippen molar-refractivity contribution in [3.05, 3.63) is 45.7 Å². The molecule has 6 nitrogen and oxygen atoms in total. The van der Waals surface area contributed by atoms with E-state index in [9.17, 15) is 13.2 Å². The molecule has 0 spiro atoms. The van der Waals surface area contributed by atoms with Gasteiger partial charge >= 0.3 is 0 Å². The molecule has 2 heterocycles. The quantitative estimate of drug-likeness (QED) is 0.820. The Balaban J connectivity index is 1.62. The highest BCUT2D eigenvalue weighted by Crippen LogP contribution is 2.23. The lowest BCUT2D eigenvalue weighted by molar-refractivity contribution is 0.0915. The number of sulfonamides is 1. The summed E-state index contributed by atoms with van der Waals surface area (Å²) in [5.41, 5.74) is 0. The molecule has 0 radical (unpaired) electrons. The topological polar surface area (TPSA) is 79.6 Å². The molecule has 1 aromatic heterocycles. The Hall–Kier alpha value is -1.38. The average Bonchev–Trinajstić information content (AvgIpc) is 3.03. The molecule has 1 amide bonds. The number of allylic oxidation sites excluding steroid dienone is 1. The highest BCUT2D eigenvalue weighted by Gasteiger charge is 2.28. The number of piperidine rings is 1. The highest BCUT2D eigenvalue weighted by molar-refractivity contribution is 9.10. The highest BCUT2D eigenvalue weighted by atomic mass is 79.9. The molecule has 0 bridgehead atoms. The molecule has 130 valence electrons. The van der Waals surface area contributed by atoms with Crippen LogP contribution in [0.15, 0.2) is 44.4 Å². The summed E-state index contributed by atoms with van der Waals surface area (Å²) in [6.07, 6.45) is 8.31. The van der Waals surface area contributed by atoms with Gasteiger partial charge < -0.3 is 9.73 Å². The van der Waals surface area contributed by atoms with Crippen molar-refractivity contribution in [2.45, 2.75) is 31.7 Å². The fourth-order valence-corrected chi connectivity index (χ4v) is 4.73. The van der Waals surface area contributed by atoms with Crippen LogP contribution in [0, 0.1) is 0 Å². The van der Waals surface area contributed by atoms with Gasteiger partial charge in [0, 0.05) is 13.1 Å². The molecule has 1 aliphatic carbocycles. The van der Waals surface area contributed by atoms with Gasteiger partial charge in [0.15, 0.2) is 10.4 Å². The number of hydrogen-bond acceptors (Lipinski definition) is 4. The summed E-state index contributed by atoms with van der Waals surface area (Å²) in [6, 6.07) is 2.98. The predicted octanol–water partition coefficient (Wildman–Crippen LogP) is 2.80. The second kappa shape index (κ2) is 7.25. The third kappa shape index (κ3) is 3.81. The van der Waals surface area contributed by atoms with Gasteiger partial charge in [0.05, 0.1) is 10.9 Å². The van der Waals surface area contributed by atoms with Gasteiger partial charge in [-0.1, -0.05) is 18.6 Å². The first-order chi connectivity index (χ1) is 11.5. The van der Waals surface area contributed by atoms with Crippen molar-refractivity contribution in [2.24, 2.45) is 0 Å². The second-order valence-electron chi connectivity index (χ2n) is 5.85. The van der Waals surface area contributed by atoms with Gasteiger partial charge in [0.25, 0.3) is 5.91 Å². The Kier molecular flexibility index (Phi) is 5.27. The van der Waals surface area contributed by atoms with Crippen molar-refractivity contribution in [2.75, 3.05) is 13.1 Å². The molecule has 1 atom stereocenters. The third-order valence-electron chi connectivity index (χ3n) is 4.13. The van der Waals surface area contributed by atoms with Gasteiger partial charge in [-0.15, -0.1) is 0 Å². The van der Waals surface area contributed by atoms with Crippen molar-refractivity contribution < 1.29 is 17.6 Å². The Morgan fingerprint density at radius 2 is 2.00 bits per heavy atom. The number of hydrogen-bond donors (Lipinski definition) is 1. The number of amides is 1. The van der Waals surface area contributed by atoms with E-state index in [0.29, 0.717) is 29.1 Å². The molecule has 1 N–H and O–H groups in total. The normalized spacial score (nSPS) is 22.2. The molecule has 1 aromatic rings. The zero-order chi connectivity index (χ0) is 17.2. The second-order valence-corrected chi connectivity index (χ2v) is 8.57. The third-order valence-corrected chi connectivity index (χ3v) is 6.50. The molecule has 0 saturated carbocycles. The summed E-state index contributed by atoms with van der Waals surface area (Å²) in [5.74, 6) is -0.114. The van der Waals surface area contributed by atoms with Crippen LogP contribution in [0.3, 0.4) is 0 Å². The van der Waals surface area contributed by atoms with Crippen LogP contribution in [0.2, 0.25) is 0 Å². The number of nitrogens with one attached hydrogen (secondary N) is 1. The van der Waals surface area contributed by atoms with Crippen LogP contribution in [0.5, 0.6) is 0 Å². The van der Waals surface area contributed by atoms with Gasteiger partial charge in [0.2, 0.25) is 10.0 Å². The lowest BCUT2D eigenvalue weighted by atomic mass is 10.1. The molecule has 1 aliphatic heterocycles. The maximum absolute atomic E-state index is 12.6. The Morgan fingerprint density at radius 1 is 1.25 bits per heavy atom. The van der Waals surface area contributed by atoms with E-state index in [2.05, 4.69) is 21.2 Å². The largest absolute Gasteiger partial charge is 0.444 e. The van der Waals surface area contributed by atoms with Crippen LogP contribution in [0.25, 0.3) is 0 Å². The van der Waals surface area contributed by atoms with E-state index in [1.165, 1.54) is 0 Å². The standard InChI is InChI=1S/C16H19BrN2O4S/c17-15-9-8-14(23-15)16(20)18-12-4-6-13(7-5-12)24(21,22)19-10-2-1-3-11-19/h4,6-9,12H,1-3,5,10-11H2,(H,18,20). The Bertz CT molecular complexity index is 776. The van der Waals surface area contributed by atoms with Crippen molar-refractivity contribution >= 4 is 31.9 Å². The number of carbonyl (C=O) groups is 1. The van der Waals surface area contributed by atoms with E-state index in [0.717, 1.165) is 19.3 Å². The fourth-order valence-electron chi connectivity index (χ4n) is 2.83. The van der Waals surface area contributed by atoms with E-state index in [1.807, 2.05) is 0 Å². The van der Waals surface area contributed by atoms with Crippen LogP contribution in [-0.2, 0) is 10.0 Å². The van der Waals surface area contributed by atoms with Gasteiger partial charge in [-0.25, -0.2) is 8.42 Å². The van der Waals surface area contributed by atoms with E-state index < -0.39 is 10.0 Å². The smallest absolute Gasteiger partial charge is 0.287 e. The number of halogens is 1. The lowest BCUT2D eigenvalue weighted by Crippen LogP contribution is -2.37. The predicted molar refractivity (Wildman–Crippen MR) is 93.8 cm³/mol. The SMILES string of the molecule is O=C(NC1C=CC(S(=O)(=O)N2CCCCC2)=CC1)c1ccc(Br)o1. The first-order valence-corrected chi connectivity index (χ1v) is 10.1. The summed E-state index contributed by atoms with van der Waals surface area (Å²) in [5, 5.41) is 2.81. The average molecular weight is 415 g/mol. The van der Waals surface area contributed by atoms with Crippen molar-refractivity contribution in [3.8, 4) is 0 Å². The molecular weight excluding hydrogens is 396 g/mol. The zero-order valence-electron chi connectivity index (χ0n) is 13.1. The van der Waals surface area contributed by atoms with E-state index in [1.54, 1.807) is 34.7 Å². The van der Waals surface area contributed by atoms with Crippen LogP contribution in [-0.4, -0.2) is 37.8 Å². The minimum absolute atomic E-state index is 0.214. The Labute approximate surface area is 149 Å². The summed E-state index contributed by atoms with van der Waals surface area (Å²) in [7, 11) is -3.42. The van der Waals surface area contributed by atoms with E-state index in [-0.39, 0.29) is 17.7 Å². The van der Waals surface area contributed by atoms with Crippen molar-refractivity contribution in [1.29, 1.82) is 0 Å². The van der Waals surface area contributed by atoms with E-state index in [4.69, 9.17) is 4.42 Å². The lowest BCUT2D eigenvalue weighted by Gasteiger charge is -2.27. The summed E-state index contributed by atoms with van der Waals surface area (Å²) in [6.45, 7) is 1.17. The number of carbonyl (C=O) groups excluding carboxylic acids is 1. The van der Waals surface area contributed by atoms with Gasteiger partial charge in [-0.3, -0.25) is 4.79 Å². The summed E-state index contributed by atoms with van der Waals surface area (Å²) in [4.78, 5) is 12.4. The number of rotatable bonds is 4. The fraction of sp³-hybridized carbons (Fsp3) is 0.438. The number of nitrogens with zero attached hydrogens (tertiary/aromatic N) is 1. The molecule has 3 rings (SSSR count). The maximum Gasteiger partial charge on any atom is 0.287 e. The van der Waals surface area contributed by atoms with Crippen LogP contribution < -0.4 is 5.32 Å². The minimum Gasteiger partial charge on any atom is -0.444 e. The minimum atomic E-state index is -3.42. The molecule has 24 heavy (non-hydrogen) atoms. The molecule has 0 aromatic carbocycles. The molecule has 8 heteroatoms. The monoisotopic (exact) mass is 414 g/mol. The van der Waals surface area contributed by atoms with E-state index >= 15 is 0 Å².